The van der Waals surface area contributed by atoms with Crippen molar-refractivity contribution >= 4 is 21.8 Å². The minimum atomic E-state index is -0.368. The Hall–Kier alpha value is -3.12. The van der Waals surface area contributed by atoms with Gasteiger partial charge in [-0.3, -0.25) is 13.9 Å². The predicted molar refractivity (Wildman–Crippen MR) is 116 cm³/mol. The average Bonchev–Trinajstić information content (AvgIpc) is 3.14. The number of nitrogens with one attached hydrogen (secondary N) is 1. The molecule has 1 N–H and O–H groups in total. The second kappa shape index (κ2) is 7.37. The van der Waals surface area contributed by atoms with E-state index in [1.165, 1.54) is 4.57 Å². The normalized spacial score (nSPS) is 13.8. The van der Waals surface area contributed by atoms with Gasteiger partial charge in [0.2, 0.25) is 0 Å². The molecule has 0 aliphatic carbocycles. The van der Waals surface area contributed by atoms with Crippen LogP contribution in [0.5, 0.6) is 0 Å². The second-order valence-electron chi connectivity index (χ2n) is 7.57. The van der Waals surface area contributed by atoms with Gasteiger partial charge in [0, 0.05) is 29.8 Å². The van der Waals surface area contributed by atoms with Gasteiger partial charge in [0.1, 0.15) is 0 Å². The third-order valence-electron chi connectivity index (χ3n) is 5.66. The molecule has 0 bridgehead atoms. The maximum absolute atomic E-state index is 13.5. The summed E-state index contributed by atoms with van der Waals surface area (Å²) in [6.07, 6.45) is 1.96. The number of aromatic nitrogens is 3. The van der Waals surface area contributed by atoms with Crippen molar-refractivity contribution in [1.82, 2.24) is 14.1 Å². The van der Waals surface area contributed by atoms with Gasteiger partial charge in [0.15, 0.2) is 0 Å². The highest BCUT2D eigenvalue weighted by molar-refractivity contribution is 5.87. The Morgan fingerprint density at radius 3 is 2.55 bits per heavy atom. The molecule has 0 aliphatic heterocycles. The number of benzene rings is 2. The van der Waals surface area contributed by atoms with Gasteiger partial charge < -0.3 is 9.72 Å². The summed E-state index contributed by atoms with van der Waals surface area (Å²) in [5, 5.41) is 1.64. The first kappa shape index (κ1) is 19.2. The van der Waals surface area contributed by atoms with Crippen molar-refractivity contribution < 1.29 is 4.74 Å². The lowest BCUT2D eigenvalue weighted by molar-refractivity contribution is 0.158. The molecule has 0 aliphatic rings. The molecule has 6 nitrogen and oxygen atoms in total. The van der Waals surface area contributed by atoms with Gasteiger partial charge in [-0.15, -0.1) is 0 Å². The van der Waals surface area contributed by atoms with E-state index in [4.69, 9.17) is 4.74 Å². The molecule has 0 fully saturated rings. The summed E-state index contributed by atoms with van der Waals surface area (Å²) in [5.41, 5.74) is 3.23. The molecular weight excluding hydrogens is 366 g/mol. The van der Waals surface area contributed by atoms with Crippen LogP contribution >= 0.6 is 0 Å². The minimum Gasteiger partial charge on any atom is -0.383 e. The Morgan fingerprint density at radius 1 is 1.03 bits per heavy atom. The van der Waals surface area contributed by atoms with Crippen molar-refractivity contribution in [1.29, 1.82) is 0 Å². The first-order valence-electron chi connectivity index (χ1n) is 9.77. The number of hydrogen-bond donors (Lipinski definition) is 1. The quantitative estimate of drug-likeness (QED) is 0.563. The summed E-state index contributed by atoms with van der Waals surface area (Å²) in [4.78, 5) is 29.9. The maximum atomic E-state index is 13.5. The van der Waals surface area contributed by atoms with E-state index < -0.39 is 0 Å². The van der Waals surface area contributed by atoms with Crippen LogP contribution < -0.4 is 11.2 Å². The lowest BCUT2D eigenvalue weighted by atomic mass is 10.0. The zero-order valence-corrected chi connectivity index (χ0v) is 17.1. The van der Waals surface area contributed by atoms with Crippen LogP contribution in [0.25, 0.3) is 21.8 Å². The summed E-state index contributed by atoms with van der Waals surface area (Å²) in [6, 6.07) is 12.8. The number of fused-ring (bicyclic) bond motifs is 2. The molecule has 0 amide bonds. The van der Waals surface area contributed by atoms with Crippen LogP contribution in [0.4, 0.5) is 0 Å². The first-order chi connectivity index (χ1) is 14.0. The van der Waals surface area contributed by atoms with E-state index in [2.05, 4.69) is 18.0 Å². The molecule has 0 spiro atoms. The number of H-pyrrole nitrogens is 1. The Morgan fingerprint density at radius 2 is 1.79 bits per heavy atom. The standard InChI is InChI=1S/C23H25N3O3/c1-14-8-7-10-19-21(14)18(12-24-19)16(3)26-20-11-6-5-9-17(20)22(27)25(23(26)28)15(2)13-29-4/h5-12,15-16,24H,13H2,1-4H3. The van der Waals surface area contributed by atoms with Crippen LogP contribution in [0.15, 0.2) is 58.3 Å². The molecule has 2 atom stereocenters. The fourth-order valence-corrected chi connectivity index (χ4v) is 4.25. The van der Waals surface area contributed by atoms with Gasteiger partial charge in [-0.05, 0) is 44.5 Å². The van der Waals surface area contributed by atoms with Gasteiger partial charge in [0.25, 0.3) is 5.56 Å². The van der Waals surface area contributed by atoms with Crippen LogP contribution in [-0.4, -0.2) is 27.8 Å². The number of para-hydroxylation sites is 1. The molecule has 150 valence electrons. The van der Waals surface area contributed by atoms with E-state index in [0.717, 1.165) is 22.0 Å². The summed E-state index contributed by atoms with van der Waals surface area (Å²) < 4.78 is 8.24. The number of nitrogens with zero attached hydrogens (tertiary/aromatic N) is 2. The molecule has 2 aromatic heterocycles. The van der Waals surface area contributed by atoms with E-state index in [1.807, 2.05) is 50.4 Å². The fraction of sp³-hybridized carbons (Fsp3) is 0.304. The van der Waals surface area contributed by atoms with E-state index in [9.17, 15) is 9.59 Å². The topological polar surface area (TPSA) is 69.0 Å². The molecule has 4 aromatic rings. The lowest BCUT2D eigenvalue weighted by Gasteiger charge is -2.22. The lowest BCUT2D eigenvalue weighted by Crippen LogP contribution is -2.43. The zero-order chi connectivity index (χ0) is 20.7. The van der Waals surface area contributed by atoms with Crippen LogP contribution in [0.3, 0.4) is 0 Å². The Bertz CT molecular complexity index is 1310. The second-order valence-corrected chi connectivity index (χ2v) is 7.57. The third kappa shape index (κ3) is 3.00. The van der Waals surface area contributed by atoms with E-state index in [1.54, 1.807) is 17.7 Å². The number of hydrogen-bond acceptors (Lipinski definition) is 3. The van der Waals surface area contributed by atoms with Gasteiger partial charge in [-0.2, -0.15) is 0 Å². The van der Waals surface area contributed by atoms with E-state index >= 15 is 0 Å². The van der Waals surface area contributed by atoms with Crippen LogP contribution in [0.2, 0.25) is 0 Å². The largest absolute Gasteiger partial charge is 0.383 e. The summed E-state index contributed by atoms with van der Waals surface area (Å²) >= 11 is 0. The molecule has 29 heavy (non-hydrogen) atoms. The highest BCUT2D eigenvalue weighted by Crippen LogP contribution is 2.30. The Labute approximate surface area is 168 Å². The molecule has 0 radical (unpaired) electrons. The average molecular weight is 391 g/mol. The molecule has 4 rings (SSSR count). The Kier molecular flexibility index (Phi) is 4.88. The van der Waals surface area contributed by atoms with Crippen molar-refractivity contribution in [2.45, 2.75) is 32.9 Å². The predicted octanol–water partition coefficient (Wildman–Crippen LogP) is 3.77. The molecule has 2 unspecified atom stereocenters. The number of ether oxygens (including phenoxy) is 1. The smallest absolute Gasteiger partial charge is 0.332 e. The van der Waals surface area contributed by atoms with Crippen molar-refractivity contribution in [2.75, 3.05) is 13.7 Å². The minimum absolute atomic E-state index is 0.260. The number of aryl methyl sites for hydroxylation is 1. The van der Waals surface area contributed by atoms with Gasteiger partial charge in [0.05, 0.1) is 29.6 Å². The summed E-state index contributed by atoms with van der Waals surface area (Å²) in [5.74, 6) is 0. The number of rotatable bonds is 5. The van der Waals surface area contributed by atoms with Gasteiger partial charge in [-0.25, -0.2) is 4.79 Å². The van der Waals surface area contributed by atoms with E-state index in [-0.39, 0.29) is 29.9 Å². The van der Waals surface area contributed by atoms with Crippen molar-refractivity contribution in [3.63, 3.8) is 0 Å². The third-order valence-corrected chi connectivity index (χ3v) is 5.66. The Balaban J connectivity index is 2.05. The number of methoxy groups -OCH3 is 1. The zero-order valence-electron chi connectivity index (χ0n) is 17.1. The van der Waals surface area contributed by atoms with Crippen molar-refractivity contribution in [3.8, 4) is 0 Å². The number of aromatic amines is 1. The van der Waals surface area contributed by atoms with Crippen molar-refractivity contribution in [2.24, 2.45) is 0 Å². The molecule has 6 heteroatoms. The summed E-state index contributed by atoms with van der Waals surface area (Å²) in [6.45, 7) is 6.17. The van der Waals surface area contributed by atoms with Crippen molar-refractivity contribution in [3.05, 3.63) is 80.6 Å². The fourth-order valence-electron chi connectivity index (χ4n) is 4.25. The molecule has 2 heterocycles. The van der Waals surface area contributed by atoms with E-state index in [0.29, 0.717) is 10.9 Å². The maximum Gasteiger partial charge on any atom is 0.332 e. The highest BCUT2D eigenvalue weighted by atomic mass is 16.5. The molecule has 0 saturated carbocycles. The first-order valence-corrected chi connectivity index (χ1v) is 9.77. The van der Waals surface area contributed by atoms with Crippen LogP contribution in [0.1, 0.15) is 37.1 Å². The summed E-state index contributed by atoms with van der Waals surface area (Å²) in [7, 11) is 1.57. The highest BCUT2D eigenvalue weighted by Gasteiger charge is 2.22. The van der Waals surface area contributed by atoms with Gasteiger partial charge in [-0.1, -0.05) is 24.3 Å². The monoisotopic (exact) mass is 391 g/mol. The van der Waals surface area contributed by atoms with Crippen LogP contribution in [0, 0.1) is 6.92 Å². The molecular formula is C23H25N3O3. The van der Waals surface area contributed by atoms with Gasteiger partial charge >= 0.3 is 5.69 Å². The van der Waals surface area contributed by atoms with Crippen LogP contribution in [-0.2, 0) is 4.74 Å². The SMILES string of the molecule is COCC(C)n1c(=O)c2ccccc2n(C(C)c2c[nH]c3cccc(C)c23)c1=O. The molecule has 2 aromatic carbocycles. The molecule has 0 saturated heterocycles.